The van der Waals surface area contributed by atoms with E-state index in [1.807, 2.05) is 10.6 Å². The first-order chi connectivity index (χ1) is 7.72. The molecule has 0 aliphatic heterocycles. The highest BCUT2D eigenvalue weighted by molar-refractivity contribution is 14.1. The molecule has 84 valence electrons. The summed E-state index contributed by atoms with van der Waals surface area (Å²) in [5.41, 5.74) is 1.10. The van der Waals surface area contributed by atoms with Crippen molar-refractivity contribution in [2.45, 2.75) is 19.9 Å². The Bertz CT molecular complexity index is 544. The maximum absolute atomic E-state index is 5.21. The quantitative estimate of drug-likeness (QED) is 0.681. The van der Waals surface area contributed by atoms with E-state index < -0.39 is 0 Å². The Labute approximate surface area is 113 Å². The molecule has 0 unspecified atom stereocenters. The van der Waals surface area contributed by atoms with Crippen LogP contribution in [0, 0.1) is 8.34 Å². The zero-order valence-electron chi connectivity index (χ0n) is 8.90. The molecule has 0 aliphatic rings. The number of nitrogens with zero attached hydrogens (tertiary/aromatic N) is 2. The average molecular weight is 345 g/mol. The van der Waals surface area contributed by atoms with E-state index in [0.29, 0.717) is 4.77 Å². The number of aromatic amines is 1. The highest BCUT2D eigenvalue weighted by atomic mass is 127. The fourth-order valence-corrected chi connectivity index (χ4v) is 2.36. The van der Waals surface area contributed by atoms with Gasteiger partial charge in [-0.25, -0.2) is 0 Å². The molecule has 2 rings (SSSR count). The molecule has 0 fully saturated rings. The van der Waals surface area contributed by atoms with Crippen molar-refractivity contribution in [3.8, 4) is 11.4 Å². The highest BCUT2D eigenvalue weighted by Crippen LogP contribution is 2.19. The van der Waals surface area contributed by atoms with Crippen LogP contribution >= 0.6 is 34.8 Å². The maximum Gasteiger partial charge on any atom is 0.195 e. The summed E-state index contributed by atoms with van der Waals surface area (Å²) >= 11 is 7.51. The van der Waals surface area contributed by atoms with E-state index in [2.05, 4.69) is 57.9 Å². The lowest BCUT2D eigenvalue weighted by atomic mass is 10.2. The zero-order chi connectivity index (χ0) is 11.5. The Morgan fingerprint density at radius 1 is 1.50 bits per heavy atom. The molecule has 1 aromatic carbocycles. The van der Waals surface area contributed by atoms with Gasteiger partial charge in [-0.15, -0.1) is 0 Å². The van der Waals surface area contributed by atoms with Gasteiger partial charge in [0.25, 0.3) is 0 Å². The van der Waals surface area contributed by atoms with Crippen LogP contribution in [-0.2, 0) is 6.54 Å². The lowest BCUT2D eigenvalue weighted by Crippen LogP contribution is -1.99. The van der Waals surface area contributed by atoms with Crippen LogP contribution < -0.4 is 0 Å². The van der Waals surface area contributed by atoms with Crippen LogP contribution in [0.25, 0.3) is 11.4 Å². The van der Waals surface area contributed by atoms with Gasteiger partial charge in [0, 0.05) is 15.7 Å². The van der Waals surface area contributed by atoms with Crippen molar-refractivity contribution in [3.05, 3.63) is 32.6 Å². The third kappa shape index (κ3) is 2.35. The number of benzene rings is 1. The third-order valence-corrected chi connectivity index (χ3v) is 3.27. The van der Waals surface area contributed by atoms with Gasteiger partial charge < -0.3 is 4.57 Å². The second-order valence-corrected chi connectivity index (χ2v) is 5.15. The minimum Gasteiger partial charge on any atom is -0.300 e. The molecule has 0 saturated carbocycles. The van der Waals surface area contributed by atoms with E-state index in [4.69, 9.17) is 12.2 Å². The first-order valence-electron chi connectivity index (χ1n) is 5.13. The van der Waals surface area contributed by atoms with Crippen LogP contribution in [0.1, 0.15) is 13.3 Å². The zero-order valence-corrected chi connectivity index (χ0v) is 11.9. The van der Waals surface area contributed by atoms with Crippen molar-refractivity contribution in [2.24, 2.45) is 0 Å². The number of nitrogens with one attached hydrogen (secondary N) is 1. The molecule has 0 amide bonds. The number of halogens is 1. The van der Waals surface area contributed by atoms with Gasteiger partial charge in [-0.3, -0.25) is 5.10 Å². The van der Waals surface area contributed by atoms with Crippen molar-refractivity contribution in [2.75, 3.05) is 0 Å². The lowest BCUT2D eigenvalue weighted by Gasteiger charge is -2.05. The molecule has 1 aromatic heterocycles. The lowest BCUT2D eigenvalue weighted by molar-refractivity contribution is 0.675. The largest absolute Gasteiger partial charge is 0.300 e. The van der Waals surface area contributed by atoms with Crippen LogP contribution in [0.5, 0.6) is 0 Å². The minimum atomic E-state index is 0.690. The molecule has 0 spiro atoms. The second kappa shape index (κ2) is 5.09. The van der Waals surface area contributed by atoms with Gasteiger partial charge >= 0.3 is 0 Å². The molecule has 1 N–H and O–H groups in total. The number of hydrogen-bond donors (Lipinski definition) is 1. The monoisotopic (exact) mass is 345 g/mol. The second-order valence-electron chi connectivity index (χ2n) is 3.51. The van der Waals surface area contributed by atoms with Crippen molar-refractivity contribution >= 4 is 34.8 Å². The fraction of sp³-hybridized carbons (Fsp3) is 0.273. The standard InChI is InChI=1S/C11H12IN3S/c1-2-6-15-10(13-14-11(15)16)8-4-3-5-9(12)7-8/h3-5,7H,2,6H2,1H3,(H,14,16). The summed E-state index contributed by atoms with van der Waals surface area (Å²) in [6.45, 7) is 3.03. The van der Waals surface area contributed by atoms with E-state index in [0.717, 1.165) is 24.4 Å². The van der Waals surface area contributed by atoms with E-state index in [-0.39, 0.29) is 0 Å². The van der Waals surface area contributed by atoms with Crippen LogP contribution in [0.4, 0.5) is 0 Å². The molecule has 0 saturated heterocycles. The third-order valence-electron chi connectivity index (χ3n) is 2.29. The molecule has 5 heteroatoms. The predicted octanol–water partition coefficient (Wildman–Crippen LogP) is 3.62. The van der Waals surface area contributed by atoms with Gasteiger partial charge in [-0.05, 0) is 53.4 Å². The van der Waals surface area contributed by atoms with Gasteiger partial charge in [-0.1, -0.05) is 19.1 Å². The van der Waals surface area contributed by atoms with Crippen molar-refractivity contribution in [1.82, 2.24) is 14.8 Å². The van der Waals surface area contributed by atoms with Crippen molar-refractivity contribution in [1.29, 1.82) is 0 Å². The first-order valence-corrected chi connectivity index (χ1v) is 6.62. The highest BCUT2D eigenvalue weighted by Gasteiger charge is 2.07. The molecule has 16 heavy (non-hydrogen) atoms. The normalized spacial score (nSPS) is 10.6. The van der Waals surface area contributed by atoms with Crippen molar-refractivity contribution < 1.29 is 0 Å². The van der Waals surface area contributed by atoms with Crippen molar-refractivity contribution in [3.63, 3.8) is 0 Å². The molecular formula is C11H12IN3S. The number of hydrogen-bond acceptors (Lipinski definition) is 2. The van der Waals surface area contributed by atoms with E-state index >= 15 is 0 Å². The number of rotatable bonds is 3. The van der Waals surface area contributed by atoms with Crippen LogP contribution in [0.2, 0.25) is 0 Å². The molecular weight excluding hydrogens is 333 g/mol. The summed E-state index contributed by atoms with van der Waals surface area (Å²) in [4.78, 5) is 0. The van der Waals surface area contributed by atoms with E-state index in [1.165, 1.54) is 3.57 Å². The van der Waals surface area contributed by atoms with E-state index in [1.54, 1.807) is 0 Å². The molecule has 0 atom stereocenters. The fourth-order valence-electron chi connectivity index (χ4n) is 1.60. The van der Waals surface area contributed by atoms with Gasteiger partial charge in [-0.2, -0.15) is 5.10 Å². The molecule has 0 radical (unpaired) electrons. The predicted molar refractivity (Wildman–Crippen MR) is 75.9 cm³/mol. The molecule has 0 aliphatic carbocycles. The van der Waals surface area contributed by atoms with E-state index in [9.17, 15) is 0 Å². The maximum atomic E-state index is 5.21. The first kappa shape index (κ1) is 11.8. The summed E-state index contributed by atoms with van der Waals surface area (Å²) < 4.78 is 3.93. The Kier molecular flexibility index (Phi) is 3.75. The average Bonchev–Trinajstić information content (AvgIpc) is 2.61. The van der Waals surface area contributed by atoms with Crippen LogP contribution in [0.3, 0.4) is 0 Å². The summed E-state index contributed by atoms with van der Waals surface area (Å²) in [6.07, 6.45) is 1.05. The summed E-state index contributed by atoms with van der Waals surface area (Å²) in [7, 11) is 0. The van der Waals surface area contributed by atoms with Crippen LogP contribution in [-0.4, -0.2) is 14.8 Å². The minimum absolute atomic E-state index is 0.690. The smallest absolute Gasteiger partial charge is 0.195 e. The van der Waals surface area contributed by atoms with Gasteiger partial charge in [0.2, 0.25) is 0 Å². The molecule has 2 aromatic rings. The SMILES string of the molecule is CCCn1c(-c2cccc(I)c2)n[nH]c1=S. The van der Waals surface area contributed by atoms with Gasteiger partial charge in [0.05, 0.1) is 0 Å². The summed E-state index contributed by atoms with van der Waals surface area (Å²) in [6, 6.07) is 8.26. The molecule has 1 heterocycles. The summed E-state index contributed by atoms with van der Waals surface area (Å²) in [5.74, 6) is 0.922. The Balaban J connectivity index is 2.51. The van der Waals surface area contributed by atoms with Gasteiger partial charge in [0.15, 0.2) is 10.6 Å². The summed E-state index contributed by atoms with van der Waals surface area (Å²) in [5, 5.41) is 7.14. The van der Waals surface area contributed by atoms with Crippen LogP contribution in [0.15, 0.2) is 24.3 Å². The molecule has 0 bridgehead atoms. The topological polar surface area (TPSA) is 33.6 Å². The Morgan fingerprint density at radius 2 is 2.31 bits per heavy atom. The molecule has 3 nitrogen and oxygen atoms in total. The number of H-pyrrole nitrogens is 1. The Hall–Kier alpha value is -0.690. The Morgan fingerprint density at radius 3 is 3.00 bits per heavy atom. The number of aromatic nitrogens is 3. The van der Waals surface area contributed by atoms with Gasteiger partial charge in [0.1, 0.15) is 0 Å².